The fourth-order valence-electron chi connectivity index (χ4n) is 2.05. The maximum absolute atomic E-state index is 12.1. The summed E-state index contributed by atoms with van der Waals surface area (Å²) < 4.78 is 6.47. The first-order valence-corrected chi connectivity index (χ1v) is 8.50. The van der Waals surface area contributed by atoms with Crippen LogP contribution in [0.4, 0.5) is 4.79 Å². The van der Waals surface area contributed by atoms with Gasteiger partial charge in [-0.2, -0.15) is 0 Å². The fourth-order valence-corrected chi connectivity index (χ4v) is 3.99. The Morgan fingerprint density at radius 3 is 2.55 bits per heavy atom. The molecule has 1 saturated heterocycles. The van der Waals surface area contributed by atoms with E-state index in [0.29, 0.717) is 18.0 Å². The number of rotatable bonds is 2. The van der Waals surface area contributed by atoms with Crippen LogP contribution in [0.1, 0.15) is 22.5 Å². The number of piperidine rings is 1. The van der Waals surface area contributed by atoms with Gasteiger partial charge in [0.15, 0.2) is 0 Å². The first-order valence-electron chi connectivity index (χ1n) is 6.10. The Kier molecular flexibility index (Phi) is 5.45. The summed E-state index contributed by atoms with van der Waals surface area (Å²) in [4.78, 5) is 25.8. The first kappa shape index (κ1) is 15.8. The Morgan fingerprint density at radius 2 is 2.05 bits per heavy atom. The van der Waals surface area contributed by atoms with Crippen LogP contribution in [0, 0.1) is 0 Å². The molecule has 1 N–H and O–H groups in total. The number of methoxy groups -OCH3 is 1. The van der Waals surface area contributed by atoms with Gasteiger partial charge >= 0.3 is 6.09 Å². The van der Waals surface area contributed by atoms with Gasteiger partial charge in [0.1, 0.15) is 0 Å². The van der Waals surface area contributed by atoms with E-state index in [0.717, 1.165) is 21.1 Å². The summed E-state index contributed by atoms with van der Waals surface area (Å²) in [6.45, 7) is 1.21. The van der Waals surface area contributed by atoms with Crippen LogP contribution in [0.3, 0.4) is 0 Å². The van der Waals surface area contributed by atoms with Crippen LogP contribution in [0.2, 0.25) is 0 Å². The van der Waals surface area contributed by atoms with E-state index in [9.17, 15) is 9.59 Å². The standard InChI is InChI=1S/C12H14Br2N2O3S/c1-19-12(18)16-4-2-7(3-5-16)15-11(17)9-6-8(13)10(14)20-9/h6-7H,2-5H2,1H3,(H,15,17). The first-order chi connectivity index (χ1) is 9.51. The maximum atomic E-state index is 12.1. The van der Waals surface area contributed by atoms with Crippen molar-refractivity contribution >= 4 is 55.2 Å². The Labute approximate surface area is 137 Å². The highest BCUT2D eigenvalue weighted by atomic mass is 79.9. The molecule has 5 nitrogen and oxygen atoms in total. The predicted molar refractivity (Wildman–Crippen MR) is 84.2 cm³/mol. The molecule has 110 valence electrons. The monoisotopic (exact) mass is 424 g/mol. The normalized spacial score (nSPS) is 16.1. The summed E-state index contributed by atoms with van der Waals surface area (Å²) in [5.41, 5.74) is 0. The number of nitrogens with one attached hydrogen (secondary N) is 1. The van der Waals surface area contributed by atoms with Gasteiger partial charge in [0, 0.05) is 23.6 Å². The molecule has 0 bridgehead atoms. The summed E-state index contributed by atoms with van der Waals surface area (Å²) in [5.74, 6) is -0.0714. The van der Waals surface area contributed by atoms with Gasteiger partial charge in [-0.1, -0.05) is 0 Å². The second-order valence-electron chi connectivity index (χ2n) is 4.44. The largest absolute Gasteiger partial charge is 0.453 e. The fraction of sp³-hybridized carbons (Fsp3) is 0.500. The van der Waals surface area contributed by atoms with Crippen molar-refractivity contribution in [2.75, 3.05) is 20.2 Å². The number of carbonyl (C=O) groups excluding carboxylic acids is 2. The van der Waals surface area contributed by atoms with Crippen molar-refractivity contribution in [3.63, 3.8) is 0 Å². The van der Waals surface area contributed by atoms with E-state index in [4.69, 9.17) is 0 Å². The number of nitrogens with zero attached hydrogens (tertiary/aromatic N) is 1. The molecule has 0 spiro atoms. The van der Waals surface area contributed by atoms with Crippen molar-refractivity contribution < 1.29 is 14.3 Å². The van der Waals surface area contributed by atoms with Crippen molar-refractivity contribution in [1.82, 2.24) is 10.2 Å². The highest BCUT2D eigenvalue weighted by molar-refractivity contribution is 9.13. The van der Waals surface area contributed by atoms with Gasteiger partial charge in [0.05, 0.1) is 15.8 Å². The highest BCUT2D eigenvalue weighted by Gasteiger charge is 2.25. The van der Waals surface area contributed by atoms with E-state index in [1.807, 2.05) is 0 Å². The molecule has 8 heteroatoms. The van der Waals surface area contributed by atoms with Gasteiger partial charge in [-0.25, -0.2) is 4.79 Å². The summed E-state index contributed by atoms with van der Waals surface area (Å²) >= 11 is 8.13. The Morgan fingerprint density at radius 1 is 1.40 bits per heavy atom. The maximum Gasteiger partial charge on any atom is 0.409 e. The lowest BCUT2D eigenvalue weighted by Crippen LogP contribution is -2.46. The highest BCUT2D eigenvalue weighted by Crippen LogP contribution is 2.32. The number of carbonyl (C=O) groups is 2. The third-order valence-electron chi connectivity index (χ3n) is 3.13. The number of halogens is 2. The Hall–Kier alpha value is -0.600. The minimum absolute atomic E-state index is 0.0714. The smallest absolute Gasteiger partial charge is 0.409 e. The van der Waals surface area contributed by atoms with Crippen LogP contribution in [-0.2, 0) is 4.74 Å². The summed E-state index contributed by atoms with van der Waals surface area (Å²) in [7, 11) is 1.38. The van der Waals surface area contributed by atoms with Crippen LogP contribution in [0.5, 0.6) is 0 Å². The van der Waals surface area contributed by atoms with Crippen LogP contribution >= 0.6 is 43.2 Å². The summed E-state index contributed by atoms with van der Waals surface area (Å²) in [6, 6.07) is 1.90. The molecule has 2 rings (SSSR count). The quantitative estimate of drug-likeness (QED) is 0.791. The van der Waals surface area contributed by atoms with Gasteiger partial charge in [0.2, 0.25) is 0 Å². The third kappa shape index (κ3) is 3.73. The number of hydrogen-bond acceptors (Lipinski definition) is 4. The van der Waals surface area contributed by atoms with E-state index in [2.05, 4.69) is 41.9 Å². The lowest BCUT2D eigenvalue weighted by atomic mass is 10.1. The van der Waals surface area contributed by atoms with Gasteiger partial charge < -0.3 is 15.0 Å². The average molecular weight is 426 g/mol. The SMILES string of the molecule is COC(=O)N1CCC(NC(=O)c2cc(Br)c(Br)s2)CC1. The van der Waals surface area contributed by atoms with Crippen LogP contribution in [-0.4, -0.2) is 43.1 Å². The second kappa shape index (κ2) is 6.91. The molecule has 0 unspecified atom stereocenters. The second-order valence-corrected chi connectivity index (χ2v) is 7.66. The molecule has 1 fully saturated rings. The zero-order chi connectivity index (χ0) is 14.7. The minimum atomic E-state index is -0.305. The van der Waals surface area contributed by atoms with Crippen molar-refractivity contribution in [2.24, 2.45) is 0 Å². The molecule has 2 amide bonds. The van der Waals surface area contributed by atoms with Gasteiger partial charge in [-0.05, 0) is 50.8 Å². The molecule has 1 aliphatic rings. The molecule has 0 aliphatic carbocycles. The van der Waals surface area contributed by atoms with E-state index in [1.165, 1.54) is 18.4 Å². The van der Waals surface area contributed by atoms with Crippen molar-refractivity contribution in [2.45, 2.75) is 18.9 Å². The summed E-state index contributed by atoms with van der Waals surface area (Å²) in [6.07, 6.45) is 1.18. The molecule has 0 atom stereocenters. The van der Waals surface area contributed by atoms with Gasteiger partial charge in [-0.3, -0.25) is 4.79 Å². The molecule has 1 aliphatic heterocycles. The van der Waals surface area contributed by atoms with Gasteiger partial charge in [-0.15, -0.1) is 11.3 Å². The Balaban J connectivity index is 1.86. The molecule has 20 heavy (non-hydrogen) atoms. The number of ether oxygens (including phenoxy) is 1. The molecular weight excluding hydrogens is 412 g/mol. The van der Waals surface area contributed by atoms with E-state index >= 15 is 0 Å². The number of hydrogen-bond donors (Lipinski definition) is 1. The molecule has 2 heterocycles. The zero-order valence-electron chi connectivity index (χ0n) is 10.8. The molecular formula is C12H14Br2N2O3S. The molecule has 0 aromatic carbocycles. The lowest BCUT2D eigenvalue weighted by molar-refractivity contribution is 0.0896. The van der Waals surface area contributed by atoms with Gasteiger partial charge in [0.25, 0.3) is 5.91 Å². The van der Waals surface area contributed by atoms with Crippen molar-refractivity contribution in [3.8, 4) is 0 Å². The molecule has 0 radical (unpaired) electrons. The van der Waals surface area contributed by atoms with Crippen molar-refractivity contribution in [1.29, 1.82) is 0 Å². The molecule has 0 saturated carbocycles. The van der Waals surface area contributed by atoms with Crippen molar-refractivity contribution in [3.05, 3.63) is 19.2 Å². The minimum Gasteiger partial charge on any atom is -0.453 e. The van der Waals surface area contributed by atoms with Crippen LogP contribution in [0.15, 0.2) is 14.3 Å². The third-order valence-corrected chi connectivity index (χ3v) is 6.39. The van der Waals surface area contributed by atoms with E-state index in [1.54, 1.807) is 11.0 Å². The van der Waals surface area contributed by atoms with Crippen LogP contribution < -0.4 is 5.32 Å². The average Bonchev–Trinajstić information content (AvgIpc) is 2.79. The van der Waals surface area contributed by atoms with E-state index < -0.39 is 0 Å². The number of thiophene rings is 1. The predicted octanol–water partition coefficient (Wildman–Crippen LogP) is 3.23. The summed E-state index contributed by atoms with van der Waals surface area (Å²) in [5, 5.41) is 3.00. The molecule has 1 aromatic heterocycles. The van der Waals surface area contributed by atoms with Crippen LogP contribution in [0.25, 0.3) is 0 Å². The number of likely N-dealkylation sites (tertiary alicyclic amines) is 1. The zero-order valence-corrected chi connectivity index (χ0v) is 14.8. The molecule has 1 aromatic rings. The number of amides is 2. The van der Waals surface area contributed by atoms with E-state index in [-0.39, 0.29) is 18.0 Å². The topological polar surface area (TPSA) is 58.6 Å². The Bertz CT molecular complexity index is 493. The lowest BCUT2D eigenvalue weighted by Gasteiger charge is -2.31.